The van der Waals surface area contributed by atoms with E-state index >= 15 is 0 Å². The van der Waals surface area contributed by atoms with Gasteiger partial charge < -0.3 is 4.74 Å². The van der Waals surface area contributed by atoms with Crippen molar-refractivity contribution >= 4 is 22.9 Å². The third-order valence-corrected chi connectivity index (χ3v) is 2.90. The minimum Gasteiger partial charge on any atom is -0.472 e. The van der Waals surface area contributed by atoms with Crippen molar-refractivity contribution in [3.8, 4) is 5.88 Å². The zero-order valence-corrected chi connectivity index (χ0v) is 11.2. The Morgan fingerprint density at radius 3 is 2.89 bits per heavy atom. The second-order valence-electron chi connectivity index (χ2n) is 3.97. The average molecular weight is 277 g/mol. The standard InChI is InChI=1S/C14H13ClN2O2/c1-3-10-5-4-6-11(14(15)18)12(10)9-19-13-7-8-17(2)16-13/h3-8H,1,9H2,2H3. The van der Waals surface area contributed by atoms with Gasteiger partial charge in [-0.15, -0.1) is 5.10 Å². The zero-order chi connectivity index (χ0) is 13.8. The molecule has 0 saturated heterocycles. The van der Waals surface area contributed by atoms with Crippen LogP contribution in [-0.2, 0) is 13.7 Å². The third kappa shape index (κ3) is 3.03. The Labute approximate surface area is 116 Å². The number of benzene rings is 1. The fraction of sp³-hybridized carbons (Fsp3) is 0.143. The highest BCUT2D eigenvalue weighted by atomic mass is 35.5. The number of halogens is 1. The van der Waals surface area contributed by atoms with Crippen molar-refractivity contribution in [1.29, 1.82) is 0 Å². The van der Waals surface area contributed by atoms with Crippen LogP contribution >= 0.6 is 11.6 Å². The molecule has 0 aliphatic carbocycles. The van der Waals surface area contributed by atoms with E-state index in [1.54, 1.807) is 42.2 Å². The Bertz CT molecular complexity index is 620. The van der Waals surface area contributed by atoms with Crippen LogP contribution < -0.4 is 4.74 Å². The van der Waals surface area contributed by atoms with E-state index in [1.165, 1.54) is 0 Å². The largest absolute Gasteiger partial charge is 0.472 e. The first-order valence-electron chi connectivity index (χ1n) is 5.68. The smallest absolute Gasteiger partial charge is 0.252 e. The van der Waals surface area contributed by atoms with Gasteiger partial charge in [0.15, 0.2) is 0 Å². The van der Waals surface area contributed by atoms with E-state index in [9.17, 15) is 4.79 Å². The average Bonchev–Trinajstić information content (AvgIpc) is 2.81. The summed E-state index contributed by atoms with van der Waals surface area (Å²) in [6.45, 7) is 3.94. The minimum absolute atomic E-state index is 0.215. The molecule has 5 heteroatoms. The maximum atomic E-state index is 11.4. The van der Waals surface area contributed by atoms with Crippen molar-refractivity contribution in [2.24, 2.45) is 7.05 Å². The van der Waals surface area contributed by atoms with Gasteiger partial charge in [-0.1, -0.05) is 24.8 Å². The van der Waals surface area contributed by atoms with Crippen molar-refractivity contribution in [1.82, 2.24) is 9.78 Å². The zero-order valence-electron chi connectivity index (χ0n) is 10.5. The summed E-state index contributed by atoms with van der Waals surface area (Å²) in [6, 6.07) is 7.03. The van der Waals surface area contributed by atoms with Gasteiger partial charge in [-0.05, 0) is 23.2 Å². The molecule has 2 rings (SSSR count). The summed E-state index contributed by atoms with van der Waals surface area (Å²) in [5.74, 6) is 0.495. The first-order valence-corrected chi connectivity index (χ1v) is 6.06. The predicted molar refractivity (Wildman–Crippen MR) is 74.3 cm³/mol. The van der Waals surface area contributed by atoms with Crippen molar-refractivity contribution < 1.29 is 9.53 Å². The molecule has 0 aliphatic rings. The van der Waals surface area contributed by atoms with Gasteiger partial charge in [0.2, 0.25) is 5.88 Å². The number of hydrogen-bond donors (Lipinski definition) is 0. The number of carbonyl (C=O) groups is 1. The first-order chi connectivity index (χ1) is 9.11. The van der Waals surface area contributed by atoms with Gasteiger partial charge in [-0.25, -0.2) is 0 Å². The van der Waals surface area contributed by atoms with Gasteiger partial charge in [-0.3, -0.25) is 9.48 Å². The van der Waals surface area contributed by atoms with Gasteiger partial charge in [-0.2, -0.15) is 0 Å². The Balaban J connectivity index is 2.27. The quantitative estimate of drug-likeness (QED) is 0.789. The second-order valence-corrected chi connectivity index (χ2v) is 4.31. The molecule has 98 valence electrons. The molecule has 4 nitrogen and oxygen atoms in total. The van der Waals surface area contributed by atoms with Crippen LogP contribution in [0.4, 0.5) is 0 Å². The molecule has 2 aromatic rings. The first kappa shape index (κ1) is 13.4. The molecule has 1 aromatic heterocycles. The van der Waals surface area contributed by atoms with Crippen LogP contribution in [0.15, 0.2) is 37.0 Å². The molecule has 1 aromatic carbocycles. The maximum Gasteiger partial charge on any atom is 0.252 e. The molecular formula is C14H13ClN2O2. The number of aromatic nitrogens is 2. The molecule has 0 fully saturated rings. The number of ether oxygens (including phenoxy) is 1. The van der Waals surface area contributed by atoms with Crippen LogP contribution in [0.5, 0.6) is 5.88 Å². The fourth-order valence-electron chi connectivity index (χ4n) is 1.76. The number of hydrogen-bond acceptors (Lipinski definition) is 3. The van der Waals surface area contributed by atoms with E-state index in [0.29, 0.717) is 17.0 Å². The lowest BCUT2D eigenvalue weighted by Gasteiger charge is -2.10. The molecule has 0 saturated carbocycles. The van der Waals surface area contributed by atoms with E-state index in [2.05, 4.69) is 11.7 Å². The van der Waals surface area contributed by atoms with Crippen LogP contribution in [0, 0.1) is 0 Å². The number of rotatable bonds is 5. The summed E-state index contributed by atoms with van der Waals surface area (Å²) in [5.41, 5.74) is 1.96. The summed E-state index contributed by atoms with van der Waals surface area (Å²) in [4.78, 5) is 11.4. The van der Waals surface area contributed by atoms with Crippen molar-refractivity contribution in [3.05, 3.63) is 53.7 Å². The van der Waals surface area contributed by atoms with Gasteiger partial charge in [0.05, 0.1) is 0 Å². The lowest BCUT2D eigenvalue weighted by molar-refractivity contribution is 0.107. The van der Waals surface area contributed by atoms with Crippen molar-refractivity contribution in [2.45, 2.75) is 6.61 Å². The summed E-state index contributed by atoms with van der Waals surface area (Å²) in [5, 5.41) is 3.60. The van der Waals surface area contributed by atoms with Crippen LogP contribution in [0.1, 0.15) is 21.5 Å². The number of nitrogens with zero attached hydrogens (tertiary/aromatic N) is 2. The maximum absolute atomic E-state index is 11.4. The summed E-state index contributed by atoms with van der Waals surface area (Å²) in [6.07, 6.45) is 3.45. The molecule has 1 heterocycles. The van der Waals surface area contributed by atoms with Gasteiger partial charge >= 0.3 is 0 Å². The lowest BCUT2D eigenvalue weighted by atomic mass is 10.0. The van der Waals surface area contributed by atoms with E-state index in [-0.39, 0.29) is 6.61 Å². The normalized spacial score (nSPS) is 10.2. The molecule has 0 N–H and O–H groups in total. The monoisotopic (exact) mass is 276 g/mol. The van der Waals surface area contributed by atoms with E-state index in [1.807, 2.05) is 6.07 Å². The predicted octanol–water partition coefficient (Wildman–Crippen LogP) is 3.02. The topological polar surface area (TPSA) is 44.1 Å². The summed E-state index contributed by atoms with van der Waals surface area (Å²) in [7, 11) is 1.80. The Morgan fingerprint density at radius 2 is 2.32 bits per heavy atom. The molecule has 19 heavy (non-hydrogen) atoms. The Morgan fingerprint density at radius 1 is 1.53 bits per heavy atom. The Hall–Kier alpha value is -2.07. The van der Waals surface area contributed by atoms with Gasteiger partial charge in [0.25, 0.3) is 5.24 Å². The molecule has 0 spiro atoms. The molecule has 0 radical (unpaired) electrons. The van der Waals surface area contributed by atoms with Crippen LogP contribution in [0.2, 0.25) is 0 Å². The number of aryl methyl sites for hydroxylation is 1. The van der Waals surface area contributed by atoms with E-state index in [4.69, 9.17) is 16.3 Å². The summed E-state index contributed by atoms with van der Waals surface area (Å²) >= 11 is 5.57. The van der Waals surface area contributed by atoms with Gasteiger partial charge in [0, 0.05) is 30.4 Å². The van der Waals surface area contributed by atoms with Crippen molar-refractivity contribution in [2.75, 3.05) is 0 Å². The molecular weight excluding hydrogens is 264 g/mol. The molecule has 0 unspecified atom stereocenters. The van der Waals surface area contributed by atoms with Crippen LogP contribution in [0.3, 0.4) is 0 Å². The van der Waals surface area contributed by atoms with E-state index < -0.39 is 5.24 Å². The molecule has 0 amide bonds. The van der Waals surface area contributed by atoms with Gasteiger partial charge in [0.1, 0.15) is 6.61 Å². The highest BCUT2D eigenvalue weighted by Crippen LogP contribution is 2.20. The Kier molecular flexibility index (Phi) is 4.02. The summed E-state index contributed by atoms with van der Waals surface area (Å²) < 4.78 is 7.20. The van der Waals surface area contributed by atoms with Crippen LogP contribution in [-0.4, -0.2) is 15.0 Å². The lowest BCUT2D eigenvalue weighted by Crippen LogP contribution is -2.05. The highest BCUT2D eigenvalue weighted by molar-refractivity contribution is 6.67. The molecule has 0 aliphatic heterocycles. The fourth-order valence-corrected chi connectivity index (χ4v) is 1.94. The number of carbonyl (C=O) groups excluding carboxylic acids is 1. The second kappa shape index (κ2) is 5.71. The third-order valence-electron chi connectivity index (χ3n) is 2.70. The molecule has 0 atom stereocenters. The highest BCUT2D eigenvalue weighted by Gasteiger charge is 2.12. The SMILES string of the molecule is C=Cc1cccc(C(=O)Cl)c1COc1ccn(C)n1. The van der Waals surface area contributed by atoms with Crippen molar-refractivity contribution in [3.63, 3.8) is 0 Å². The molecule has 0 bridgehead atoms. The minimum atomic E-state index is -0.511. The van der Waals surface area contributed by atoms with Crippen LogP contribution in [0.25, 0.3) is 6.08 Å². The van der Waals surface area contributed by atoms with E-state index in [0.717, 1.165) is 5.56 Å².